The van der Waals surface area contributed by atoms with Crippen LogP contribution in [-0.4, -0.2) is 12.2 Å². The van der Waals surface area contributed by atoms with Gasteiger partial charge in [-0.3, -0.25) is 5.41 Å². The number of guanidine groups is 1. The molecule has 4 N–H and O–H groups in total. The van der Waals surface area contributed by atoms with Crippen LogP contribution < -0.4 is 11.2 Å². The molecule has 0 aromatic rings. The number of nitrogens with two attached hydrogens (primary N) is 1. The Hall–Kier alpha value is -1.55. The fraction of sp³-hybridized carbons (Fsp3) is 0.111. The molecular formula is C9H13ClN4. The summed E-state index contributed by atoms with van der Waals surface area (Å²) in [5.41, 5.74) is 8.01. The molecule has 0 saturated carbocycles. The Kier molecular flexibility index (Phi) is 6.15. The standard InChI is InChI=1S/C9H13ClN4/c1-3-5-7(8(10)4-2)6-13-14-9(11)12/h3-6H,2H2,1H3,(H4,11,12,14)/b5-3-,8-7-,13-6+. The molecule has 0 fully saturated rings. The van der Waals surface area contributed by atoms with E-state index in [1.807, 2.05) is 13.0 Å². The van der Waals surface area contributed by atoms with Crippen LogP contribution in [0, 0.1) is 5.41 Å². The van der Waals surface area contributed by atoms with Crippen LogP contribution in [0.2, 0.25) is 0 Å². The number of halogens is 1. The second kappa shape index (κ2) is 6.91. The number of hydrogen-bond donors (Lipinski definition) is 3. The van der Waals surface area contributed by atoms with Crippen LogP contribution in [0.15, 0.2) is 40.5 Å². The number of nitrogens with zero attached hydrogens (tertiary/aromatic N) is 1. The molecule has 0 aromatic heterocycles. The molecule has 0 radical (unpaired) electrons. The van der Waals surface area contributed by atoms with E-state index in [-0.39, 0.29) is 5.96 Å². The van der Waals surface area contributed by atoms with Gasteiger partial charge in [-0.2, -0.15) is 5.10 Å². The highest BCUT2D eigenvalue weighted by Crippen LogP contribution is 2.09. The number of hydrazone groups is 1. The van der Waals surface area contributed by atoms with Gasteiger partial charge in [0.25, 0.3) is 0 Å². The predicted octanol–water partition coefficient (Wildman–Crippen LogP) is 1.71. The molecule has 0 saturated heterocycles. The lowest BCUT2D eigenvalue weighted by Crippen LogP contribution is -2.25. The molecule has 5 heteroatoms. The van der Waals surface area contributed by atoms with E-state index < -0.39 is 0 Å². The molecule has 0 aliphatic rings. The zero-order valence-electron chi connectivity index (χ0n) is 7.92. The lowest BCUT2D eigenvalue weighted by atomic mass is 10.2. The highest BCUT2D eigenvalue weighted by Gasteiger charge is 1.93. The summed E-state index contributed by atoms with van der Waals surface area (Å²) < 4.78 is 0. The predicted molar refractivity (Wildman–Crippen MR) is 61.4 cm³/mol. The van der Waals surface area contributed by atoms with Crippen molar-refractivity contribution in [2.45, 2.75) is 6.92 Å². The van der Waals surface area contributed by atoms with Crippen molar-refractivity contribution in [2.75, 3.05) is 0 Å². The Labute approximate surface area is 88.3 Å². The van der Waals surface area contributed by atoms with Gasteiger partial charge in [0.05, 0.1) is 6.21 Å². The summed E-state index contributed by atoms with van der Waals surface area (Å²) in [6.07, 6.45) is 6.57. The van der Waals surface area contributed by atoms with Gasteiger partial charge >= 0.3 is 0 Å². The van der Waals surface area contributed by atoms with Gasteiger partial charge in [0.15, 0.2) is 0 Å². The van der Waals surface area contributed by atoms with Crippen molar-refractivity contribution < 1.29 is 0 Å². The van der Waals surface area contributed by atoms with E-state index in [0.717, 1.165) is 0 Å². The van der Waals surface area contributed by atoms with Crippen molar-refractivity contribution in [3.63, 3.8) is 0 Å². The van der Waals surface area contributed by atoms with Gasteiger partial charge in [-0.05, 0) is 6.92 Å². The molecule has 76 valence electrons. The molecule has 0 rings (SSSR count). The van der Waals surface area contributed by atoms with Crippen LogP contribution in [0.25, 0.3) is 0 Å². The number of rotatable bonds is 4. The van der Waals surface area contributed by atoms with Gasteiger partial charge in [-0.1, -0.05) is 36.4 Å². The van der Waals surface area contributed by atoms with E-state index in [1.165, 1.54) is 12.3 Å². The molecule has 0 aliphatic carbocycles. The maximum atomic E-state index is 6.86. The first-order valence-corrected chi connectivity index (χ1v) is 4.27. The Morgan fingerprint density at radius 3 is 2.71 bits per heavy atom. The molecule has 14 heavy (non-hydrogen) atoms. The minimum atomic E-state index is -0.226. The third kappa shape index (κ3) is 5.16. The first-order chi connectivity index (χ1) is 6.61. The zero-order chi connectivity index (χ0) is 11.0. The molecule has 0 aliphatic heterocycles. The Bertz CT molecular complexity index is 302. The minimum Gasteiger partial charge on any atom is -0.369 e. The second-order valence-electron chi connectivity index (χ2n) is 2.29. The third-order valence-corrected chi connectivity index (χ3v) is 1.56. The average Bonchev–Trinajstić information content (AvgIpc) is 2.15. The Morgan fingerprint density at radius 2 is 2.29 bits per heavy atom. The highest BCUT2D eigenvalue weighted by atomic mass is 35.5. The fourth-order valence-electron chi connectivity index (χ4n) is 0.653. The molecule has 0 bridgehead atoms. The summed E-state index contributed by atoms with van der Waals surface area (Å²) in [6, 6.07) is 0. The van der Waals surface area contributed by atoms with Crippen molar-refractivity contribution in [3.8, 4) is 0 Å². The van der Waals surface area contributed by atoms with Crippen LogP contribution >= 0.6 is 11.6 Å². The number of nitrogens with one attached hydrogen (secondary N) is 2. The van der Waals surface area contributed by atoms with Gasteiger partial charge in [0, 0.05) is 10.6 Å². The summed E-state index contributed by atoms with van der Waals surface area (Å²) in [6.45, 7) is 5.39. The topological polar surface area (TPSA) is 74.3 Å². The first-order valence-electron chi connectivity index (χ1n) is 3.89. The molecule has 0 unspecified atom stereocenters. The summed E-state index contributed by atoms with van der Waals surface area (Å²) in [5.74, 6) is -0.226. The Balaban J connectivity index is 4.62. The fourth-order valence-corrected chi connectivity index (χ4v) is 0.765. The molecule has 0 aromatic carbocycles. The molecule has 4 nitrogen and oxygen atoms in total. The van der Waals surface area contributed by atoms with Gasteiger partial charge < -0.3 is 5.73 Å². The van der Waals surface area contributed by atoms with Gasteiger partial charge in [0.1, 0.15) is 0 Å². The van der Waals surface area contributed by atoms with E-state index in [2.05, 4.69) is 17.1 Å². The smallest absolute Gasteiger partial charge is 0.206 e. The maximum absolute atomic E-state index is 6.86. The van der Waals surface area contributed by atoms with Crippen molar-refractivity contribution >= 4 is 23.8 Å². The summed E-state index contributed by atoms with van der Waals surface area (Å²) in [5, 5.41) is 11.0. The van der Waals surface area contributed by atoms with Gasteiger partial charge in [-0.25, -0.2) is 5.43 Å². The largest absolute Gasteiger partial charge is 0.369 e. The highest BCUT2D eigenvalue weighted by molar-refractivity contribution is 6.33. The van der Waals surface area contributed by atoms with E-state index in [0.29, 0.717) is 10.6 Å². The molecule has 0 atom stereocenters. The van der Waals surface area contributed by atoms with Crippen molar-refractivity contribution in [1.29, 1.82) is 5.41 Å². The number of allylic oxidation sites excluding steroid dienone is 5. The lowest BCUT2D eigenvalue weighted by Gasteiger charge is -1.97. The van der Waals surface area contributed by atoms with E-state index in [1.54, 1.807) is 6.08 Å². The summed E-state index contributed by atoms with van der Waals surface area (Å²) in [4.78, 5) is 0. The van der Waals surface area contributed by atoms with Crippen LogP contribution in [0.4, 0.5) is 0 Å². The average molecular weight is 213 g/mol. The van der Waals surface area contributed by atoms with E-state index >= 15 is 0 Å². The zero-order valence-corrected chi connectivity index (χ0v) is 8.67. The third-order valence-electron chi connectivity index (χ3n) is 1.19. The molecule has 0 spiro atoms. The van der Waals surface area contributed by atoms with Crippen molar-refractivity contribution in [3.05, 3.63) is 35.4 Å². The SMILES string of the molecule is C=C/C(Cl)=C(\C=C/C)/C=N/NC(=N)N. The van der Waals surface area contributed by atoms with Crippen LogP contribution in [0.5, 0.6) is 0 Å². The number of hydrogen-bond acceptors (Lipinski definition) is 2. The summed E-state index contributed by atoms with van der Waals surface area (Å²) in [7, 11) is 0. The van der Waals surface area contributed by atoms with Gasteiger partial charge in [-0.15, -0.1) is 0 Å². The second-order valence-corrected chi connectivity index (χ2v) is 2.70. The molecule has 0 heterocycles. The normalized spacial score (nSPS) is 13.0. The Morgan fingerprint density at radius 1 is 1.64 bits per heavy atom. The minimum absolute atomic E-state index is 0.226. The summed E-state index contributed by atoms with van der Waals surface area (Å²) >= 11 is 5.83. The van der Waals surface area contributed by atoms with Crippen LogP contribution in [0.3, 0.4) is 0 Å². The maximum Gasteiger partial charge on any atom is 0.206 e. The molecular weight excluding hydrogens is 200 g/mol. The first kappa shape index (κ1) is 12.4. The van der Waals surface area contributed by atoms with E-state index in [9.17, 15) is 0 Å². The monoisotopic (exact) mass is 212 g/mol. The van der Waals surface area contributed by atoms with Crippen LogP contribution in [-0.2, 0) is 0 Å². The van der Waals surface area contributed by atoms with Gasteiger partial charge in [0.2, 0.25) is 5.96 Å². The lowest BCUT2D eigenvalue weighted by molar-refractivity contribution is 1.00. The molecule has 0 amide bonds. The van der Waals surface area contributed by atoms with Crippen molar-refractivity contribution in [1.82, 2.24) is 5.43 Å². The quantitative estimate of drug-likeness (QED) is 0.287. The van der Waals surface area contributed by atoms with Crippen molar-refractivity contribution in [2.24, 2.45) is 10.8 Å². The van der Waals surface area contributed by atoms with E-state index in [4.69, 9.17) is 22.7 Å². The van der Waals surface area contributed by atoms with Crippen LogP contribution in [0.1, 0.15) is 6.92 Å².